The molecule has 0 amide bonds. The van der Waals surface area contributed by atoms with E-state index in [0.29, 0.717) is 5.95 Å². The Hall–Kier alpha value is -6.06. The number of fused-ring (bicyclic) bond motifs is 8. The van der Waals surface area contributed by atoms with Crippen molar-refractivity contribution in [2.45, 2.75) is 0 Å². The molecule has 1 aliphatic rings. The molecule has 7 aromatic carbocycles. The van der Waals surface area contributed by atoms with Gasteiger partial charge in [-0.3, -0.25) is 4.57 Å². The summed E-state index contributed by atoms with van der Waals surface area (Å²) < 4.78 is 2.28. The zero-order valence-electron chi connectivity index (χ0n) is 24.3. The lowest BCUT2D eigenvalue weighted by Gasteiger charge is -2.13. The highest BCUT2D eigenvalue weighted by Gasteiger charge is 2.26. The average Bonchev–Trinajstić information content (AvgIpc) is 3.62. The van der Waals surface area contributed by atoms with Crippen molar-refractivity contribution in [1.29, 1.82) is 0 Å². The molecule has 2 aromatic heterocycles. The fourth-order valence-electron chi connectivity index (χ4n) is 7.37. The van der Waals surface area contributed by atoms with Crippen LogP contribution < -0.4 is 0 Å². The number of hydrogen-bond donors (Lipinski definition) is 0. The zero-order valence-corrected chi connectivity index (χ0v) is 24.3. The molecule has 0 spiro atoms. The van der Waals surface area contributed by atoms with Gasteiger partial charge < -0.3 is 0 Å². The van der Waals surface area contributed by atoms with E-state index in [9.17, 15) is 0 Å². The van der Waals surface area contributed by atoms with E-state index in [-0.39, 0.29) is 0 Å². The Morgan fingerprint density at radius 1 is 0.400 bits per heavy atom. The van der Waals surface area contributed by atoms with Crippen LogP contribution in [0.25, 0.3) is 94.1 Å². The van der Waals surface area contributed by atoms with Crippen LogP contribution in [0.1, 0.15) is 0 Å². The molecule has 0 fully saturated rings. The summed E-state index contributed by atoms with van der Waals surface area (Å²) in [7, 11) is 0. The highest BCUT2D eigenvalue weighted by atomic mass is 15.2. The zero-order chi connectivity index (χ0) is 29.5. The second-order valence-corrected chi connectivity index (χ2v) is 11.8. The van der Waals surface area contributed by atoms with Crippen molar-refractivity contribution in [2.75, 3.05) is 0 Å². The Morgan fingerprint density at radius 2 is 1.02 bits per heavy atom. The van der Waals surface area contributed by atoms with Crippen molar-refractivity contribution in [2.24, 2.45) is 0 Å². The summed E-state index contributed by atoms with van der Waals surface area (Å²) >= 11 is 0. The minimum Gasteiger partial charge on any atom is -0.277 e. The van der Waals surface area contributed by atoms with Crippen LogP contribution >= 0.6 is 0 Å². The molecular formula is C42H25N3. The molecule has 1 aliphatic carbocycles. The summed E-state index contributed by atoms with van der Waals surface area (Å²) in [6, 6.07) is 54.1. The highest BCUT2D eigenvalue weighted by molar-refractivity contribution is 6.27. The molecule has 0 radical (unpaired) electrons. The van der Waals surface area contributed by atoms with Gasteiger partial charge in [-0.15, -0.1) is 0 Å². The van der Waals surface area contributed by atoms with E-state index >= 15 is 0 Å². The SMILES string of the molecule is c1ccc(-c2ccc(-c3nc(-n4c5ccccc5c5cc6c7c(cccc7c54)-c4ccccc4-6)nc4ccccc34)cc2)cc1. The molecule has 0 bridgehead atoms. The first kappa shape index (κ1) is 24.4. The summed E-state index contributed by atoms with van der Waals surface area (Å²) in [6.45, 7) is 0. The Morgan fingerprint density at radius 3 is 1.87 bits per heavy atom. The molecule has 2 heterocycles. The fraction of sp³-hybridized carbons (Fsp3) is 0. The predicted molar refractivity (Wildman–Crippen MR) is 187 cm³/mol. The summed E-state index contributed by atoms with van der Waals surface area (Å²) in [5.74, 6) is 0.679. The van der Waals surface area contributed by atoms with Crippen LogP contribution in [0, 0.1) is 0 Å². The van der Waals surface area contributed by atoms with Gasteiger partial charge >= 0.3 is 0 Å². The van der Waals surface area contributed by atoms with E-state index in [1.165, 1.54) is 54.9 Å². The maximum Gasteiger partial charge on any atom is 0.235 e. The van der Waals surface area contributed by atoms with E-state index in [1.807, 2.05) is 0 Å². The van der Waals surface area contributed by atoms with Gasteiger partial charge in [0.1, 0.15) is 0 Å². The number of benzene rings is 7. The normalized spacial score (nSPS) is 12.0. The van der Waals surface area contributed by atoms with Gasteiger partial charge in [-0.25, -0.2) is 9.97 Å². The van der Waals surface area contributed by atoms with Gasteiger partial charge in [0.25, 0.3) is 0 Å². The third-order valence-electron chi connectivity index (χ3n) is 9.36. The van der Waals surface area contributed by atoms with Crippen LogP contribution in [0.5, 0.6) is 0 Å². The number of rotatable bonds is 3. The first-order chi connectivity index (χ1) is 22.3. The molecule has 0 saturated heterocycles. The van der Waals surface area contributed by atoms with E-state index in [2.05, 4.69) is 156 Å². The molecule has 208 valence electrons. The lowest BCUT2D eigenvalue weighted by molar-refractivity contribution is 1.02. The smallest absolute Gasteiger partial charge is 0.235 e. The molecular weight excluding hydrogens is 546 g/mol. The molecule has 0 N–H and O–H groups in total. The van der Waals surface area contributed by atoms with Crippen LogP contribution in [-0.4, -0.2) is 14.5 Å². The largest absolute Gasteiger partial charge is 0.277 e. The number of nitrogens with zero attached hydrogens (tertiary/aromatic N) is 3. The molecule has 3 nitrogen and oxygen atoms in total. The van der Waals surface area contributed by atoms with E-state index in [0.717, 1.165) is 33.2 Å². The van der Waals surface area contributed by atoms with Crippen molar-refractivity contribution in [1.82, 2.24) is 14.5 Å². The predicted octanol–water partition coefficient (Wildman–Crippen LogP) is 10.9. The molecule has 9 aromatic rings. The van der Waals surface area contributed by atoms with Gasteiger partial charge in [-0.05, 0) is 57.0 Å². The minimum absolute atomic E-state index is 0.679. The topological polar surface area (TPSA) is 30.7 Å². The summed E-state index contributed by atoms with van der Waals surface area (Å²) in [5, 5.41) is 5.97. The van der Waals surface area contributed by atoms with Crippen LogP contribution in [-0.2, 0) is 0 Å². The number of hydrogen-bond acceptors (Lipinski definition) is 2. The minimum atomic E-state index is 0.679. The molecule has 0 aliphatic heterocycles. The maximum atomic E-state index is 5.37. The van der Waals surface area contributed by atoms with Crippen molar-refractivity contribution < 1.29 is 0 Å². The van der Waals surface area contributed by atoms with Crippen molar-refractivity contribution in [3.63, 3.8) is 0 Å². The van der Waals surface area contributed by atoms with Crippen molar-refractivity contribution in [3.05, 3.63) is 152 Å². The van der Waals surface area contributed by atoms with Crippen molar-refractivity contribution in [3.8, 4) is 50.6 Å². The van der Waals surface area contributed by atoms with E-state index in [4.69, 9.17) is 9.97 Å². The quantitative estimate of drug-likeness (QED) is 0.211. The fourth-order valence-corrected chi connectivity index (χ4v) is 7.37. The third-order valence-corrected chi connectivity index (χ3v) is 9.36. The second kappa shape index (κ2) is 9.22. The molecule has 10 rings (SSSR count). The summed E-state index contributed by atoms with van der Waals surface area (Å²) in [5.41, 5.74) is 12.7. The van der Waals surface area contributed by atoms with Gasteiger partial charge in [0.2, 0.25) is 5.95 Å². The van der Waals surface area contributed by atoms with Crippen LogP contribution in [0.15, 0.2) is 152 Å². The van der Waals surface area contributed by atoms with Gasteiger partial charge in [0.15, 0.2) is 0 Å². The Kier molecular flexibility index (Phi) is 5.00. The molecule has 45 heavy (non-hydrogen) atoms. The van der Waals surface area contributed by atoms with Crippen LogP contribution in [0.2, 0.25) is 0 Å². The highest BCUT2D eigenvalue weighted by Crippen LogP contribution is 2.50. The maximum absolute atomic E-state index is 5.37. The molecule has 0 saturated carbocycles. The Labute approximate surface area is 259 Å². The first-order valence-electron chi connectivity index (χ1n) is 15.4. The molecule has 3 heteroatoms. The van der Waals surface area contributed by atoms with E-state index in [1.54, 1.807) is 0 Å². The lowest BCUT2D eigenvalue weighted by atomic mass is 9.99. The molecule has 0 unspecified atom stereocenters. The Bertz CT molecular complexity index is 2630. The van der Waals surface area contributed by atoms with Gasteiger partial charge in [0, 0.05) is 27.1 Å². The summed E-state index contributed by atoms with van der Waals surface area (Å²) in [4.78, 5) is 10.6. The van der Waals surface area contributed by atoms with Gasteiger partial charge in [-0.2, -0.15) is 0 Å². The third kappa shape index (κ3) is 3.46. The number of aromatic nitrogens is 3. The van der Waals surface area contributed by atoms with Gasteiger partial charge in [0.05, 0.1) is 22.2 Å². The van der Waals surface area contributed by atoms with Crippen LogP contribution in [0.3, 0.4) is 0 Å². The second-order valence-electron chi connectivity index (χ2n) is 11.8. The van der Waals surface area contributed by atoms with Gasteiger partial charge in [-0.1, -0.05) is 133 Å². The summed E-state index contributed by atoms with van der Waals surface area (Å²) in [6.07, 6.45) is 0. The standard InChI is InChI=1S/C42H25N3/c1-2-11-26(12-3-1)27-21-23-28(24-22-27)40-33-16-6-8-19-37(33)43-42(44-40)45-38-20-9-7-15-31(38)36-25-35-30-14-5-4-13-29(30)32-17-10-18-34(39(32)35)41(36)45/h1-25H. The Balaban J connectivity index is 1.28. The van der Waals surface area contributed by atoms with Crippen molar-refractivity contribution >= 4 is 43.5 Å². The number of para-hydroxylation sites is 2. The van der Waals surface area contributed by atoms with Crippen LogP contribution in [0.4, 0.5) is 0 Å². The first-order valence-corrected chi connectivity index (χ1v) is 15.4. The molecule has 0 atom stereocenters. The van der Waals surface area contributed by atoms with E-state index < -0.39 is 0 Å². The lowest BCUT2D eigenvalue weighted by Crippen LogP contribution is -2.03. The average molecular weight is 572 g/mol. The monoisotopic (exact) mass is 571 g/mol.